The maximum atomic E-state index is 13.5. The number of nitrogens with one attached hydrogen (secondary N) is 1. The number of rotatable bonds is 6. The summed E-state index contributed by atoms with van der Waals surface area (Å²) in [4.78, 5) is 20.5. The first-order valence-electron chi connectivity index (χ1n) is 12.1. The van der Waals surface area contributed by atoms with E-state index in [2.05, 4.69) is 17.2 Å². The Morgan fingerprint density at radius 3 is 2.60 bits per heavy atom. The number of carbonyl (C=O) groups is 1. The number of carbonyl (C=O) groups excluding carboxylic acids is 1. The predicted molar refractivity (Wildman–Crippen MR) is 124 cm³/mol. The van der Waals surface area contributed by atoms with E-state index in [1.807, 2.05) is 4.90 Å². The van der Waals surface area contributed by atoms with Gasteiger partial charge in [0.15, 0.2) is 0 Å². The van der Waals surface area contributed by atoms with Gasteiger partial charge in [0.1, 0.15) is 0 Å². The molecule has 2 saturated heterocycles. The predicted octanol–water partition coefficient (Wildman–Crippen LogP) is 4.95. The topological polar surface area (TPSA) is 48.5 Å². The molecule has 0 saturated carbocycles. The molecule has 2 aliphatic heterocycles. The zero-order chi connectivity index (χ0) is 25.2. The van der Waals surface area contributed by atoms with Crippen molar-refractivity contribution in [3.8, 4) is 0 Å². The van der Waals surface area contributed by atoms with Gasteiger partial charge in [-0.05, 0) is 68.5 Å². The highest BCUT2D eigenvalue weighted by atomic mass is 19.4. The van der Waals surface area contributed by atoms with Crippen LogP contribution in [0.4, 0.5) is 27.6 Å². The lowest BCUT2D eigenvalue weighted by molar-refractivity contribution is -0.136. The largest absolute Gasteiger partial charge is 0.418 e. The van der Waals surface area contributed by atoms with E-state index in [4.69, 9.17) is 0 Å². The molecule has 1 aromatic heterocycles. The molecule has 0 aliphatic carbocycles. The van der Waals surface area contributed by atoms with Crippen LogP contribution in [0, 0.1) is 11.8 Å². The van der Waals surface area contributed by atoms with E-state index in [0.29, 0.717) is 43.7 Å². The zero-order valence-corrected chi connectivity index (χ0v) is 19.7. The molecule has 0 radical (unpaired) electrons. The Kier molecular flexibility index (Phi) is 7.78. The van der Waals surface area contributed by atoms with Crippen LogP contribution in [0.2, 0.25) is 0 Å². The number of aromatic nitrogens is 1. The highest BCUT2D eigenvalue weighted by molar-refractivity contribution is 5.94. The van der Waals surface area contributed by atoms with Gasteiger partial charge in [-0.1, -0.05) is 6.92 Å². The van der Waals surface area contributed by atoms with Crippen molar-refractivity contribution in [1.29, 1.82) is 0 Å². The van der Waals surface area contributed by atoms with Gasteiger partial charge in [0, 0.05) is 42.8 Å². The Hall–Kier alpha value is -2.49. The second-order valence-electron chi connectivity index (χ2n) is 9.88. The minimum absolute atomic E-state index is 0.0599. The standard InChI is InChI=1S/C25H31F5N4O/c1-16-11-18(32-23(35)12-17-6-9-33(10-7-17)15-22(26)27)14-34(13-16)21-5-4-20(25(28,29)30)24-19(21)3-2-8-31-24/h2-5,8,16-18,22H,6-7,9-15H2,1H3,(H,32,35)/t16-,18+/m0/s1. The van der Waals surface area contributed by atoms with Crippen LogP contribution in [0.1, 0.15) is 38.2 Å². The molecule has 192 valence electrons. The first-order chi connectivity index (χ1) is 16.6. The lowest BCUT2D eigenvalue weighted by Crippen LogP contribution is -2.51. The fourth-order valence-electron chi connectivity index (χ4n) is 5.43. The molecule has 1 amide bonds. The fraction of sp³-hybridized carbons (Fsp3) is 0.600. The Labute approximate surface area is 201 Å². The Morgan fingerprint density at radius 2 is 1.91 bits per heavy atom. The Morgan fingerprint density at radius 1 is 1.17 bits per heavy atom. The number of fused-ring (bicyclic) bond motifs is 1. The summed E-state index contributed by atoms with van der Waals surface area (Å²) in [5.41, 5.74) is -0.154. The number of nitrogens with zero attached hydrogens (tertiary/aromatic N) is 3. The Bertz CT molecular complexity index is 1020. The van der Waals surface area contributed by atoms with Crippen molar-refractivity contribution in [2.75, 3.05) is 37.6 Å². The third-order valence-corrected chi connectivity index (χ3v) is 7.00. The van der Waals surface area contributed by atoms with Gasteiger partial charge in [0.2, 0.25) is 5.91 Å². The molecule has 10 heteroatoms. The molecular formula is C25H31F5N4O. The van der Waals surface area contributed by atoms with E-state index >= 15 is 0 Å². The highest BCUT2D eigenvalue weighted by Gasteiger charge is 2.35. The summed E-state index contributed by atoms with van der Waals surface area (Å²) in [5, 5.41) is 3.56. The number of benzene rings is 1. The van der Waals surface area contributed by atoms with E-state index < -0.39 is 18.2 Å². The van der Waals surface area contributed by atoms with Crippen LogP contribution >= 0.6 is 0 Å². The molecule has 35 heavy (non-hydrogen) atoms. The van der Waals surface area contributed by atoms with Crippen LogP contribution in [0.15, 0.2) is 30.5 Å². The number of pyridine rings is 1. The van der Waals surface area contributed by atoms with Crippen molar-refractivity contribution < 1.29 is 26.7 Å². The molecule has 2 atom stereocenters. The molecule has 2 aliphatic rings. The maximum Gasteiger partial charge on any atom is 0.418 e. The van der Waals surface area contributed by atoms with Gasteiger partial charge in [0.05, 0.1) is 17.6 Å². The van der Waals surface area contributed by atoms with Gasteiger partial charge >= 0.3 is 6.18 Å². The number of likely N-dealkylation sites (tertiary alicyclic amines) is 1. The number of piperidine rings is 2. The molecule has 4 rings (SSSR count). The van der Waals surface area contributed by atoms with Crippen molar-refractivity contribution in [2.24, 2.45) is 11.8 Å². The van der Waals surface area contributed by atoms with Gasteiger partial charge in [-0.2, -0.15) is 13.2 Å². The smallest absolute Gasteiger partial charge is 0.369 e. The van der Waals surface area contributed by atoms with E-state index in [0.717, 1.165) is 25.3 Å². The molecule has 1 aromatic carbocycles. The van der Waals surface area contributed by atoms with Gasteiger partial charge in [-0.25, -0.2) is 8.78 Å². The number of amides is 1. The molecule has 0 spiro atoms. The SMILES string of the molecule is C[C@H]1C[C@@H](NC(=O)CC2CCN(CC(F)F)CC2)CN(c2ccc(C(F)(F)F)c3ncccc23)C1. The summed E-state index contributed by atoms with van der Waals surface area (Å²) in [6.07, 6.45) is -2.89. The van der Waals surface area contributed by atoms with Crippen LogP contribution < -0.4 is 10.2 Å². The first-order valence-corrected chi connectivity index (χ1v) is 12.1. The normalized spacial score (nSPS) is 22.7. The first kappa shape index (κ1) is 25.6. The third kappa shape index (κ3) is 6.39. The number of anilines is 1. The third-order valence-electron chi connectivity index (χ3n) is 7.00. The van der Waals surface area contributed by atoms with Gasteiger partial charge in [-0.15, -0.1) is 0 Å². The van der Waals surface area contributed by atoms with Crippen LogP contribution in [-0.4, -0.2) is 61.0 Å². The summed E-state index contributed by atoms with van der Waals surface area (Å²) in [5.74, 6) is 0.349. The van der Waals surface area contributed by atoms with Gasteiger partial charge < -0.3 is 10.2 Å². The van der Waals surface area contributed by atoms with Crippen molar-refractivity contribution in [2.45, 2.75) is 51.3 Å². The minimum Gasteiger partial charge on any atom is -0.369 e. The molecular weight excluding hydrogens is 467 g/mol. The lowest BCUT2D eigenvalue weighted by atomic mass is 9.92. The Balaban J connectivity index is 1.41. The quantitative estimate of drug-likeness (QED) is 0.573. The second kappa shape index (κ2) is 10.6. The number of hydrogen-bond donors (Lipinski definition) is 1. The summed E-state index contributed by atoms with van der Waals surface area (Å²) in [6.45, 7) is 4.16. The van der Waals surface area contributed by atoms with Crippen molar-refractivity contribution in [1.82, 2.24) is 15.2 Å². The molecule has 5 nitrogen and oxygen atoms in total. The number of alkyl halides is 5. The summed E-state index contributed by atoms with van der Waals surface area (Å²) in [6, 6.07) is 5.74. The highest BCUT2D eigenvalue weighted by Crippen LogP contribution is 2.38. The second-order valence-corrected chi connectivity index (χ2v) is 9.88. The van der Waals surface area contributed by atoms with Crippen LogP contribution in [0.3, 0.4) is 0 Å². The van der Waals surface area contributed by atoms with Crippen molar-refractivity contribution in [3.05, 3.63) is 36.0 Å². The molecule has 0 bridgehead atoms. The maximum absolute atomic E-state index is 13.5. The average molecular weight is 499 g/mol. The van der Waals surface area contributed by atoms with Gasteiger partial charge in [-0.3, -0.25) is 14.7 Å². The summed E-state index contributed by atoms with van der Waals surface area (Å²) >= 11 is 0. The monoisotopic (exact) mass is 498 g/mol. The molecule has 1 N–H and O–H groups in total. The average Bonchev–Trinajstić information content (AvgIpc) is 2.78. The fourth-order valence-corrected chi connectivity index (χ4v) is 5.43. The molecule has 0 unspecified atom stereocenters. The van der Waals surface area contributed by atoms with Gasteiger partial charge in [0.25, 0.3) is 6.43 Å². The van der Waals surface area contributed by atoms with E-state index in [9.17, 15) is 26.7 Å². The van der Waals surface area contributed by atoms with E-state index in [1.54, 1.807) is 17.0 Å². The summed E-state index contributed by atoms with van der Waals surface area (Å²) < 4.78 is 65.6. The summed E-state index contributed by atoms with van der Waals surface area (Å²) in [7, 11) is 0. The minimum atomic E-state index is -4.49. The van der Waals surface area contributed by atoms with E-state index in [-0.39, 0.29) is 35.8 Å². The van der Waals surface area contributed by atoms with Crippen LogP contribution in [0.5, 0.6) is 0 Å². The molecule has 2 aromatic rings. The van der Waals surface area contributed by atoms with Crippen molar-refractivity contribution >= 4 is 22.5 Å². The van der Waals surface area contributed by atoms with Crippen LogP contribution in [0.25, 0.3) is 10.9 Å². The number of halogens is 5. The van der Waals surface area contributed by atoms with Crippen molar-refractivity contribution in [3.63, 3.8) is 0 Å². The van der Waals surface area contributed by atoms with E-state index in [1.165, 1.54) is 12.3 Å². The molecule has 2 fully saturated rings. The zero-order valence-electron chi connectivity index (χ0n) is 19.7. The van der Waals surface area contributed by atoms with Crippen LogP contribution in [-0.2, 0) is 11.0 Å². The lowest BCUT2D eigenvalue weighted by Gasteiger charge is -2.39. The number of hydrogen-bond acceptors (Lipinski definition) is 4. The molecule has 3 heterocycles.